The third kappa shape index (κ3) is 7.07. The van der Waals surface area contributed by atoms with E-state index in [4.69, 9.17) is 11.5 Å². The molecule has 1 aromatic rings. The molecule has 0 saturated carbocycles. The largest absolute Gasteiger partial charge is 0.479 e. The average molecular weight is 504 g/mol. The van der Waals surface area contributed by atoms with Crippen molar-refractivity contribution >= 4 is 29.4 Å². The first-order valence-corrected chi connectivity index (χ1v) is 12.8. The Morgan fingerprint density at radius 3 is 2.03 bits per heavy atom. The second-order valence-corrected chi connectivity index (χ2v) is 9.05. The van der Waals surface area contributed by atoms with Gasteiger partial charge in [-0.05, 0) is 24.8 Å². The highest BCUT2D eigenvalue weighted by molar-refractivity contribution is 6.42. The van der Waals surface area contributed by atoms with Crippen molar-refractivity contribution in [2.45, 2.75) is 90.1 Å². The SMILES string of the molecule is CCCCCCCC(CC)C(=O)[C@@](C(=O)O)(c1ccccc1)N(C(=O)CN)C(=O)C(=O)C(N)CCC. The summed E-state index contributed by atoms with van der Waals surface area (Å²) in [6.07, 6.45) is 6.00. The molecule has 1 rings (SSSR count). The third-order valence-electron chi connectivity index (χ3n) is 6.49. The molecule has 9 nitrogen and oxygen atoms in total. The molecule has 200 valence electrons. The van der Waals surface area contributed by atoms with Gasteiger partial charge >= 0.3 is 5.97 Å². The van der Waals surface area contributed by atoms with Crippen LogP contribution >= 0.6 is 0 Å². The van der Waals surface area contributed by atoms with Crippen molar-refractivity contribution in [3.05, 3.63) is 35.9 Å². The monoisotopic (exact) mass is 503 g/mol. The Kier molecular flexibility index (Phi) is 13.2. The summed E-state index contributed by atoms with van der Waals surface area (Å²) in [6.45, 7) is 4.84. The Morgan fingerprint density at radius 1 is 0.917 bits per heavy atom. The zero-order chi connectivity index (χ0) is 27.3. The molecule has 0 spiro atoms. The predicted octanol–water partition coefficient (Wildman–Crippen LogP) is 2.93. The number of rotatable bonds is 17. The minimum atomic E-state index is -2.75. The molecule has 0 aromatic heterocycles. The molecule has 0 radical (unpaired) electrons. The van der Waals surface area contributed by atoms with Crippen LogP contribution in [0.5, 0.6) is 0 Å². The zero-order valence-electron chi connectivity index (χ0n) is 21.7. The number of Topliss-reactive ketones (excluding diaryl/α,β-unsaturated/α-hetero) is 2. The highest BCUT2D eigenvalue weighted by Gasteiger charge is 2.59. The highest BCUT2D eigenvalue weighted by Crippen LogP contribution is 2.36. The predicted molar refractivity (Wildman–Crippen MR) is 137 cm³/mol. The number of unbranched alkanes of at least 4 members (excludes halogenated alkanes) is 4. The van der Waals surface area contributed by atoms with Crippen LogP contribution in [0.1, 0.15) is 84.1 Å². The van der Waals surface area contributed by atoms with Gasteiger partial charge in [0.15, 0.2) is 5.78 Å². The summed E-state index contributed by atoms with van der Waals surface area (Å²) in [5.74, 6) is -7.04. The number of amides is 2. The van der Waals surface area contributed by atoms with Crippen molar-refractivity contribution in [2.24, 2.45) is 17.4 Å². The van der Waals surface area contributed by atoms with Gasteiger partial charge in [0.05, 0.1) is 12.6 Å². The fourth-order valence-electron chi connectivity index (χ4n) is 4.45. The fraction of sp³-hybridized carbons (Fsp3) is 0.593. The summed E-state index contributed by atoms with van der Waals surface area (Å²) in [4.78, 5) is 66.9. The Morgan fingerprint density at radius 2 is 1.53 bits per heavy atom. The molecule has 0 aliphatic heterocycles. The van der Waals surface area contributed by atoms with E-state index in [-0.39, 0.29) is 16.9 Å². The number of nitrogens with zero attached hydrogens (tertiary/aromatic N) is 1. The van der Waals surface area contributed by atoms with Gasteiger partial charge in [0.1, 0.15) is 0 Å². The second kappa shape index (κ2) is 15.3. The Bertz CT molecular complexity index is 904. The van der Waals surface area contributed by atoms with Crippen LogP contribution in [0.15, 0.2) is 30.3 Å². The summed E-state index contributed by atoms with van der Waals surface area (Å²) in [7, 11) is 0. The number of ketones is 2. The zero-order valence-corrected chi connectivity index (χ0v) is 21.7. The molecule has 3 atom stereocenters. The number of carbonyl (C=O) groups excluding carboxylic acids is 4. The van der Waals surface area contributed by atoms with E-state index in [1.165, 1.54) is 24.3 Å². The van der Waals surface area contributed by atoms with Gasteiger partial charge in [-0.15, -0.1) is 0 Å². The van der Waals surface area contributed by atoms with Crippen LogP contribution in [0.4, 0.5) is 0 Å². The molecule has 0 aliphatic rings. The van der Waals surface area contributed by atoms with Crippen molar-refractivity contribution in [3.8, 4) is 0 Å². The maximum Gasteiger partial charge on any atom is 0.342 e. The Hall–Kier alpha value is -2.91. The molecule has 36 heavy (non-hydrogen) atoms. The van der Waals surface area contributed by atoms with Gasteiger partial charge in [0, 0.05) is 5.92 Å². The van der Waals surface area contributed by atoms with Gasteiger partial charge in [0.2, 0.25) is 17.2 Å². The third-order valence-corrected chi connectivity index (χ3v) is 6.49. The topological polar surface area (TPSA) is 161 Å². The number of hydrogen-bond acceptors (Lipinski definition) is 7. The van der Waals surface area contributed by atoms with Gasteiger partial charge in [0.25, 0.3) is 5.91 Å². The molecular weight excluding hydrogens is 462 g/mol. The first-order chi connectivity index (χ1) is 17.1. The lowest BCUT2D eigenvalue weighted by molar-refractivity contribution is -0.174. The van der Waals surface area contributed by atoms with Crippen molar-refractivity contribution in [2.75, 3.05) is 6.54 Å². The maximum atomic E-state index is 14.1. The van der Waals surface area contributed by atoms with Gasteiger partial charge in [-0.3, -0.25) is 19.2 Å². The molecule has 9 heteroatoms. The summed E-state index contributed by atoms with van der Waals surface area (Å²) in [6, 6.07) is 6.11. The number of benzene rings is 1. The van der Waals surface area contributed by atoms with E-state index in [0.29, 0.717) is 25.7 Å². The van der Waals surface area contributed by atoms with Crippen LogP contribution in [0.3, 0.4) is 0 Å². The minimum Gasteiger partial charge on any atom is -0.479 e. The van der Waals surface area contributed by atoms with Gasteiger partial charge < -0.3 is 16.6 Å². The fourth-order valence-corrected chi connectivity index (χ4v) is 4.45. The minimum absolute atomic E-state index is 0.0982. The van der Waals surface area contributed by atoms with E-state index in [1.54, 1.807) is 19.9 Å². The van der Waals surface area contributed by atoms with E-state index in [1.807, 2.05) is 0 Å². The lowest BCUT2D eigenvalue weighted by atomic mass is 9.75. The first kappa shape index (κ1) is 31.1. The van der Waals surface area contributed by atoms with Crippen LogP contribution in [0.25, 0.3) is 0 Å². The normalized spacial score (nSPS) is 14.4. The number of hydrogen-bond donors (Lipinski definition) is 3. The number of carboxylic acids is 1. The number of carbonyl (C=O) groups is 5. The quantitative estimate of drug-likeness (QED) is 0.166. The van der Waals surface area contributed by atoms with Crippen LogP contribution in [-0.4, -0.2) is 51.9 Å². The van der Waals surface area contributed by atoms with Crippen LogP contribution in [0.2, 0.25) is 0 Å². The van der Waals surface area contributed by atoms with Crippen LogP contribution in [0, 0.1) is 5.92 Å². The van der Waals surface area contributed by atoms with Crippen molar-refractivity contribution in [3.63, 3.8) is 0 Å². The molecule has 5 N–H and O–H groups in total. The van der Waals surface area contributed by atoms with Gasteiger partial charge in [-0.25, -0.2) is 9.69 Å². The van der Waals surface area contributed by atoms with Crippen molar-refractivity contribution in [1.82, 2.24) is 4.90 Å². The molecule has 1 aromatic carbocycles. The summed E-state index contributed by atoms with van der Waals surface area (Å²) >= 11 is 0. The number of carboxylic acid groups (broad SMARTS) is 1. The molecular formula is C27H41N3O6. The molecule has 0 bridgehead atoms. The molecule has 0 heterocycles. The van der Waals surface area contributed by atoms with Crippen molar-refractivity contribution in [1.29, 1.82) is 0 Å². The lowest BCUT2D eigenvalue weighted by Gasteiger charge is -2.40. The number of aliphatic carboxylic acids is 1. The lowest BCUT2D eigenvalue weighted by Crippen LogP contribution is -2.66. The van der Waals surface area contributed by atoms with Crippen LogP contribution < -0.4 is 11.5 Å². The van der Waals surface area contributed by atoms with E-state index in [0.717, 1.165) is 25.7 Å². The highest BCUT2D eigenvalue weighted by atomic mass is 16.4. The Balaban J connectivity index is 3.73. The summed E-state index contributed by atoms with van der Waals surface area (Å²) in [5.41, 5.74) is 8.58. The van der Waals surface area contributed by atoms with E-state index in [9.17, 15) is 29.1 Å². The van der Waals surface area contributed by atoms with Gasteiger partial charge in [-0.1, -0.05) is 89.6 Å². The van der Waals surface area contributed by atoms with E-state index in [2.05, 4.69) is 6.92 Å². The van der Waals surface area contributed by atoms with E-state index < -0.39 is 53.4 Å². The summed E-state index contributed by atoms with van der Waals surface area (Å²) in [5, 5.41) is 10.6. The van der Waals surface area contributed by atoms with E-state index >= 15 is 0 Å². The molecule has 2 unspecified atom stereocenters. The second-order valence-electron chi connectivity index (χ2n) is 9.05. The maximum absolute atomic E-state index is 14.1. The smallest absolute Gasteiger partial charge is 0.342 e. The molecule has 0 saturated heterocycles. The van der Waals surface area contributed by atoms with Gasteiger partial charge in [-0.2, -0.15) is 0 Å². The summed E-state index contributed by atoms with van der Waals surface area (Å²) < 4.78 is 0. The van der Waals surface area contributed by atoms with Crippen molar-refractivity contribution < 1.29 is 29.1 Å². The Labute approximate surface area is 213 Å². The van der Waals surface area contributed by atoms with Crippen LogP contribution in [-0.2, 0) is 29.5 Å². The molecule has 2 amide bonds. The average Bonchev–Trinajstić information content (AvgIpc) is 2.88. The number of nitrogens with two attached hydrogens (primary N) is 2. The first-order valence-electron chi connectivity index (χ1n) is 12.8. The number of imide groups is 1. The standard InChI is InChI=1S/C27H41N3O6/c1-4-7-8-9-11-15-19(6-3)24(33)27(26(35)36,20-16-12-10-13-17-20)30(22(31)18-28)25(34)23(32)21(29)14-5-2/h10,12-13,16-17,19,21H,4-9,11,14-15,18,28-29H2,1-3H3,(H,35,36)/t19?,21?,27-/m1/s1. The molecule has 0 fully saturated rings. The molecule has 0 aliphatic carbocycles.